The Morgan fingerprint density at radius 2 is 1.50 bits per heavy atom. The summed E-state index contributed by atoms with van der Waals surface area (Å²) in [4.78, 5) is 40.9. The topological polar surface area (TPSA) is 83.7 Å². The molecule has 7 heteroatoms. The van der Waals surface area contributed by atoms with Crippen molar-refractivity contribution in [2.45, 2.75) is 24.2 Å². The van der Waals surface area contributed by atoms with Crippen LogP contribution in [0.5, 0.6) is 0 Å². The van der Waals surface area contributed by atoms with Crippen LogP contribution in [0, 0.1) is 0 Å². The van der Waals surface area contributed by atoms with Gasteiger partial charge in [-0.15, -0.1) is 11.8 Å². The van der Waals surface area contributed by atoms with Gasteiger partial charge in [-0.25, -0.2) is 0 Å². The second-order valence-electron chi connectivity index (χ2n) is 7.26. The summed E-state index contributed by atoms with van der Waals surface area (Å²) in [6, 6.07) is 17.4. The van der Waals surface area contributed by atoms with Gasteiger partial charge in [0, 0.05) is 37.5 Å². The molecule has 30 heavy (non-hydrogen) atoms. The molecule has 1 aliphatic rings. The number of nitrogens with two attached hydrogens (primary N) is 1. The summed E-state index contributed by atoms with van der Waals surface area (Å²) in [5.41, 5.74) is 7.05. The van der Waals surface area contributed by atoms with Crippen molar-refractivity contribution in [2.24, 2.45) is 5.73 Å². The van der Waals surface area contributed by atoms with Crippen LogP contribution in [0.15, 0.2) is 59.5 Å². The zero-order chi connectivity index (χ0) is 21.3. The second-order valence-corrected chi connectivity index (χ2v) is 8.28. The zero-order valence-electron chi connectivity index (χ0n) is 17.0. The molecule has 158 valence electrons. The van der Waals surface area contributed by atoms with Gasteiger partial charge in [0.1, 0.15) is 0 Å². The van der Waals surface area contributed by atoms with Gasteiger partial charge in [-0.1, -0.05) is 42.5 Å². The van der Waals surface area contributed by atoms with Gasteiger partial charge in [0.25, 0.3) is 5.91 Å². The first kappa shape index (κ1) is 21.9. The van der Waals surface area contributed by atoms with E-state index in [1.807, 2.05) is 41.3 Å². The van der Waals surface area contributed by atoms with Crippen LogP contribution in [0.25, 0.3) is 0 Å². The fraction of sp³-hybridized carbons (Fsp3) is 0.348. The van der Waals surface area contributed by atoms with Crippen LogP contribution in [0.3, 0.4) is 0 Å². The number of aryl methyl sites for hydroxylation is 1. The first-order chi connectivity index (χ1) is 14.5. The van der Waals surface area contributed by atoms with Crippen molar-refractivity contribution >= 4 is 29.5 Å². The molecule has 1 aliphatic heterocycles. The van der Waals surface area contributed by atoms with Crippen molar-refractivity contribution in [3.05, 3.63) is 65.7 Å². The lowest BCUT2D eigenvalue weighted by atomic mass is 10.1. The van der Waals surface area contributed by atoms with Crippen LogP contribution in [0.1, 0.15) is 28.8 Å². The van der Waals surface area contributed by atoms with Crippen LogP contribution in [0.2, 0.25) is 0 Å². The molecule has 6 nitrogen and oxygen atoms in total. The molecular formula is C23H27N3O3S. The molecule has 0 aliphatic carbocycles. The zero-order valence-corrected chi connectivity index (χ0v) is 17.8. The number of nitrogens with zero attached hydrogens (tertiary/aromatic N) is 2. The molecule has 0 saturated carbocycles. The molecule has 0 bridgehead atoms. The largest absolute Gasteiger partial charge is 0.369 e. The Bertz CT molecular complexity index is 880. The normalized spacial score (nSPS) is 13.9. The Labute approximate surface area is 181 Å². The number of primary amides is 1. The molecule has 0 atom stereocenters. The number of thioether (sulfide) groups is 1. The standard InChI is InChI=1S/C23H27N3O3S/c24-21(27)17-30-20-11-5-4-10-19(20)23(29)26-15-13-25(14-16-26)22(28)12-6-9-18-7-2-1-3-8-18/h1-5,7-8,10-11H,6,9,12-17H2,(H2,24,27). The number of hydrogen-bond acceptors (Lipinski definition) is 4. The van der Waals surface area contributed by atoms with Gasteiger partial charge in [0.05, 0.1) is 11.3 Å². The molecule has 2 aromatic carbocycles. The summed E-state index contributed by atoms with van der Waals surface area (Å²) in [6.07, 6.45) is 2.24. The third-order valence-corrected chi connectivity index (χ3v) is 6.20. The van der Waals surface area contributed by atoms with E-state index < -0.39 is 5.91 Å². The highest BCUT2D eigenvalue weighted by atomic mass is 32.2. The van der Waals surface area contributed by atoms with E-state index >= 15 is 0 Å². The van der Waals surface area contributed by atoms with Gasteiger partial charge in [-0.3, -0.25) is 14.4 Å². The lowest BCUT2D eigenvalue weighted by Gasteiger charge is -2.35. The molecule has 2 N–H and O–H groups in total. The van der Waals surface area contributed by atoms with E-state index in [4.69, 9.17) is 5.73 Å². The van der Waals surface area contributed by atoms with E-state index in [1.54, 1.807) is 11.0 Å². The number of hydrogen-bond donors (Lipinski definition) is 1. The van der Waals surface area contributed by atoms with Crippen molar-refractivity contribution in [2.75, 3.05) is 31.9 Å². The van der Waals surface area contributed by atoms with Crippen LogP contribution in [-0.4, -0.2) is 59.5 Å². The maximum atomic E-state index is 13.0. The average Bonchev–Trinajstić information content (AvgIpc) is 2.78. The molecule has 2 aromatic rings. The Morgan fingerprint density at radius 1 is 0.867 bits per heavy atom. The van der Waals surface area contributed by atoms with Crippen LogP contribution < -0.4 is 5.73 Å². The third-order valence-electron chi connectivity index (χ3n) is 5.11. The lowest BCUT2D eigenvalue weighted by molar-refractivity contribution is -0.132. The molecule has 1 heterocycles. The predicted molar refractivity (Wildman–Crippen MR) is 118 cm³/mol. The molecule has 1 fully saturated rings. The van der Waals surface area contributed by atoms with Gasteiger partial charge in [-0.2, -0.15) is 0 Å². The fourth-order valence-electron chi connectivity index (χ4n) is 3.49. The molecular weight excluding hydrogens is 398 g/mol. The predicted octanol–water partition coefficient (Wildman–Crippen LogP) is 2.57. The summed E-state index contributed by atoms with van der Waals surface area (Å²) >= 11 is 1.27. The molecule has 0 radical (unpaired) electrons. The van der Waals surface area contributed by atoms with Gasteiger partial charge in [-0.05, 0) is 30.5 Å². The van der Waals surface area contributed by atoms with Gasteiger partial charge in [0.2, 0.25) is 11.8 Å². The molecule has 0 unspecified atom stereocenters. The molecule has 0 aromatic heterocycles. The van der Waals surface area contributed by atoms with E-state index in [9.17, 15) is 14.4 Å². The van der Waals surface area contributed by atoms with Gasteiger partial charge < -0.3 is 15.5 Å². The molecule has 1 saturated heterocycles. The van der Waals surface area contributed by atoms with E-state index in [1.165, 1.54) is 17.3 Å². The minimum Gasteiger partial charge on any atom is -0.369 e. The van der Waals surface area contributed by atoms with E-state index in [2.05, 4.69) is 12.1 Å². The molecule has 3 amide bonds. The molecule has 3 rings (SSSR count). The quantitative estimate of drug-likeness (QED) is 0.659. The smallest absolute Gasteiger partial charge is 0.255 e. The Hall–Kier alpha value is -2.80. The first-order valence-corrected chi connectivity index (χ1v) is 11.1. The van der Waals surface area contributed by atoms with Crippen molar-refractivity contribution in [3.8, 4) is 0 Å². The van der Waals surface area contributed by atoms with Crippen molar-refractivity contribution in [1.82, 2.24) is 9.80 Å². The number of carbonyl (C=O) groups is 3. The molecule has 0 spiro atoms. The average molecular weight is 426 g/mol. The van der Waals surface area contributed by atoms with Crippen LogP contribution >= 0.6 is 11.8 Å². The number of piperazine rings is 1. The third kappa shape index (κ3) is 6.10. The van der Waals surface area contributed by atoms with Crippen molar-refractivity contribution < 1.29 is 14.4 Å². The van der Waals surface area contributed by atoms with Crippen LogP contribution in [-0.2, 0) is 16.0 Å². The summed E-state index contributed by atoms with van der Waals surface area (Å²) in [5, 5.41) is 0. The summed E-state index contributed by atoms with van der Waals surface area (Å²) in [6.45, 7) is 2.12. The van der Waals surface area contributed by atoms with Gasteiger partial charge >= 0.3 is 0 Å². The number of benzene rings is 2. The summed E-state index contributed by atoms with van der Waals surface area (Å²) in [7, 11) is 0. The van der Waals surface area contributed by atoms with Crippen molar-refractivity contribution in [1.29, 1.82) is 0 Å². The number of carbonyl (C=O) groups excluding carboxylic acids is 3. The highest BCUT2D eigenvalue weighted by Gasteiger charge is 2.25. The first-order valence-electron chi connectivity index (χ1n) is 10.2. The summed E-state index contributed by atoms with van der Waals surface area (Å²) < 4.78 is 0. The highest BCUT2D eigenvalue weighted by molar-refractivity contribution is 8.00. The Morgan fingerprint density at radius 3 is 2.20 bits per heavy atom. The maximum absolute atomic E-state index is 13.0. The Balaban J connectivity index is 1.48. The van der Waals surface area contributed by atoms with Gasteiger partial charge in [0.15, 0.2) is 0 Å². The van der Waals surface area contributed by atoms with Crippen LogP contribution in [0.4, 0.5) is 0 Å². The number of amides is 3. The fourth-order valence-corrected chi connectivity index (χ4v) is 4.28. The number of rotatable bonds is 8. The lowest BCUT2D eigenvalue weighted by Crippen LogP contribution is -2.50. The maximum Gasteiger partial charge on any atom is 0.255 e. The Kier molecular flexibility index (Phi) is 7.90. The van der Waals surface area contributed by atoms with Crippen molar-refractivity contribution in [3.63, 3.8) is 0 Å². The minimum atomic E-state index is -0.415. The van der Waals surface area contributed by atoms with E-state index in [0.717, 1.165) is 17.7 Å². The summed E-state index contributed by atoms with van der Waals surface area (Å²) in [5.74, 6) is -0.203. The second kappa shape index (κ2) is 10.8. The minimum absolute atomic E-state index is 0.0706. The monoisotopic (exact) mass is 425 g/mol. The SMILES string of the molecule is NC(=O)CSc1ccccc1C(=O)N1CCN(C(=O)CCCc2ccccc2)CC1. The van der Waals surface area contributed by atoms with E-state index in [0.29, 0.717) is 38.2 Å². The van der Waals surface area contributed by atoms with E-state index in [-0.39, 0.29) is 17.6 Å². The highest BCUT2D eigenvalue weighted by Crippen LogP contribution is 2.24.